The maximum atomic E-state index is 12.5. The fourth-order valence-electron chi connectivity index (χ4n) is 2.41. The number of halogens is 1. The molecule has 3 atom stereocenters. The van der Waals surface area contributed by atoms with Gasteiger partial charge in [0.15, 0.2) is 0 Å². The Morgan fingerprint density at radius 2 is 2.04 bits per heavy atom. The molecule has 1 aromatic rings. The lowest BCUT2D eigenvalue weighted by molar-refractivity contribution is -0.117. The van der Waals surface area contributed by atoms with Gasteiger partial charge in [-0.05, 0) is 29.5 Å². The third-order valence-electron chi connectivity index (χ3n) is 3.71. The molecule has 9 nitrogen and oxygen atoms in total. The minimum absolute atomic E-state index is 0.0427. The fourth-order valence-corrected chi connectivity index (χ4v) is 2.95. The summed E-state index contributed by atoms with van der Waals surface area (Å²) in [6.07, 6.45) is -1.73. The van der Waals surface area contributed by atoms with Crippen molar-refractivity contribution >= 4 is 34.3 Å². The zero-order chi connectivity index (χ0) is 18.0. The Kier molecular flexibility index (Phi) is 6.06. The van der Waals surface area contributed by atoms with Gasteiger partial charge in [-0.2, -0.15) is 4.57 Å². The highest BCUT2D eigenvalue weighted by Crippen LogP contribution is 2.27. The number of aromatic nitrogens is 2. The van der Waals surface area contributed by atoms with Crippen LogP contribution in [-0.4, -0.2) is 49.9 Å². The van der Waals surface area contributed by atoms with Crippen LogP contribution in [0.15, 0.2) is 15.8 Å². The number of rotatable bonds is 5. The van der Waals surface area contributed by atoms with E-state index in [0.29, 0.717) is 4.57 Å². The van der Waals surface area contributed by atoms with Gasteiger partial charge in [-0.1, -0.05) is 0 Å². The topological polar surface area (TPSA) is 128 Å². The molecule has 2 heterocycles. The van der Waals surface area contributed by atoms with E-state index in [2.05, 4.69) is 0 Å². The second-order valence-electron chi connectivity index (χ2n) is 5.52. The number of carbonyl (C=O) groups excluding carboxylic acids is 2. The van der Waals surface area contributed by atoms with Gasteiger partial charge >= 0.3 is 5.69 Å². The predicted molar refractivity (Wildman–Crippen MR) is 89.8 cm³/mol. The van der Waals surface area contributed by atoms with Crippen LogP contribution in [-0.2, 0) is 9.53 Å². The van der Waals surface area contributed by atoms with Gasteiger partial charge < -0.3 is 19.7 Å². The van der Waals surface area contributed by atoms with Crippen LogP contribution in [0.3, 0.4) is 0 Å². The van der Waals surface area contributed by atoms with Gasteiger partial charge in [0.25, 0.3) is 5.56 Å². The van der Waals surface area contributed by atoms with Crippen molar-refractivity contribution in [2.75, 3.05) is 6.61 Å². The smallest absolute Gasteiger partial charge is 0.340 e. The van der Waals surface area contributed by atoms with Crippen molar-refractivity contribution in [2.24, 2.45) is 0 Å². The largest absolute Gasteiger partial charge is 0.394 e. The number of aliphatic hydroxyl groups excluding tert-OH is 2. The summed E-state index contributed by atoms with van der Waals surface area (Å²) in [7, 11) is 0. The van der Waals surface area contributed by atoms with Crippen LogP contribution in [0.4, 0.5) is 0 Å². The number of hydrogen-bond acceptors (Lipinski definition) is 7. The van der Waals surface area contributed by atoms with E-state index in [-0.39, 0.29) is 28.6 Å². The van der Waals surface area contributed by atoms with Gasteiger partial charge in [0.05, 0.1) is 16.3 Å². The Balaban J connectivity index is 2.42. The molecule has 0 unspecified atom stereocenters. The first-order chi connectivity index (χ1) is 11.3. The summed E-state index contributed by atoms with van der Waals surface area (Å²) in [5, 5.41) is 18.9. The Hall–Kier alpha value is -1.37. The first-order valence-corrected chi connectivity index (χ1v) is 8.34. The van der Waals surface area contributed by atoms with Crippen molar-refractivity contribution in [3.05, 3.63) is 30.6 Å². The van der Waals surface area contributed by atoms with Crippen LogP contribution in [0.5, 0.6) is 0 Å². The molecule has 0 amide bonds. The minimum Gasteiger partial charge on any atom is -0.394 e. The monoisotopic (exact) mass is 452 g/mol. The van der Waals surface area contributed by atoms with E-state index in [1.54, 1.807) is 22.6 Å². The minimum atomic E-state index is -0.960. The summed E-state index contributed by atoms with van der Waals surface area (Å²) in [4.78, 5) is 47.8. The molecule has 1 aliphatic rings. The van der Waals surface area contributed by atoms with Crippen LogP contribution < -0.4 is 11.2 Å². The van der Waals surface area contributed by atoms with Crippen molar-refractivity contribution in [2.45, 2.75) is 44.6 Å². The molecule has 2 rings (SSSR count). The molecule has 132 valence electrons. The Morgan fingerprint density at radius 1 is 1.38 bits per heavy atom. The van der Waals surface area contributed by atoms with E-state index >= 15 is 0 Å². The Morgan fingerprint density at radius 3 is 2.58 bits per heavy atom. The number of Topliss-reactive ketones (excluding diaryl/α,β-unsaturated/α-hetero) is 1. The third-order valence-corrected chi connectivity index (χ3v) is 4.45. The first-order valence-electron chi connectivity index (χ1n) is 7.27. The molecule has 0 radical (unpaired) electrons. The first kappa shape index (κ1) is 19.0. The Bertz CT molecular complexity index is 769. The predicted octanol–water partition coefficient (Wildman–Crippen LogP) is -0.735. The van der Waals surface area contributed by atoms with Gasteiger partial charge in [-0.3, -0.25) is 14.2 Å². The van der Waals surface area contributed by atoms with Gasteiger partial charge in [0.2, 0.25) is 5.91 Å². The highest BCUT2D eigenvalue weighted by molar-refractivity contribution is 14.1. The molecular weight excluding hydrogens is 435 g/mol. The fraction of sp³-hybridized carbons (Fsp3) is 0.571. The van der Waals surface area contributed by atoms with Gasteiger partial charge in [-0.25, -0.2) is 4.79 Å². The standard InChI is InChI=1S/C14H17IN2O7/c1-7(19)2-3-11(21)17-13(22)8(15)5-16(14(17)23)12-4-9(20)10(6-18)24-12/h5,9-10,12,18,20H,2-4,6H2,1H3/t9-,10+,12+/m0/s1. The molecule has 0 bridgehead atoms. The molecule has 1 fully saturated rings. The van der Waals surface area contributed by atoms with Gasteiger partial charge in [0.1, 0.15) is 18.1 Å². The highest BCUT2D eigenvalue weighted by Gasteiger charge is 2.35. The van der Waals surface area contributed by atoms with Crippen LogP contribution in [0, 0.1) is 3.57 Å². The zero-order valence-corrected chi connectivity index (χ0v) is 15.0. The maximum Gasteiger partial charge on any atom is 0.340 e. The third kappa shape index (κ3) is 3.82. The number of hydrogen-bond donors (Lipinski definition) is 2. The highest BCUT2D eigenvalue weighted by atomic mass is 127. The molecule has 0 aromatic carbocycles. The average Bonchev–Trinajstić information content (AvgIpc) is 2.89. The van der Waals surface area contributed by atoms with Crippen LogP contribution in [0.1, 0.15) is 37.2 Å². The molecule has 24 heavy (non-hydrogen) atoms. The lowest BCUT2D eigenvalue weighted by Gasteiger charge is -2.16. The molecule has 1 saturated heterocycles. The summed E-state index contributed by atoms with van der Waals surface area (Å²) in [5.41, 5.74) is -1.66. The number of ketones is 1. The van der Waals surface area contributed by atoms with E-state index < -0.39 is 42.2 Å². The molecule has 2 N–H and O–H groups in total. The SMILES string of the molecule is CC(=O)CCC(=O)n1c(=O)c(I)cn([C@H]2C[C@H](O)[C@@H](CO)O2)c1=O. The van der Waals surface area contributed by atoms with Gasteiger partial charge in [-0.15, -0.1) is 0 Å². The van der Waals surface area contributed by atoms with Crippen molar-refractivity contribution < 1.29 is 24.5 Å². The lowest BCUT2D eigenvalue weighted by atomic mass is 10.2. The van der Waals surface area contributed by atoms with Crippen LogP contribution >= 0.6 is 22.6 Å². The summed E-state index contributed by atoms with van der Waals surface area (Å²) in [6.45, 7) is 0.895. The van der Waals surface area contributed by atoms with E-state index in [1.165, 1.54) is 13.1 Å². The normalized spacial score (nSPS) is 23.4. The second kappa shape index (κ2) is 7.68. The van der Waals surface area contributed by atoms with Crippen LogP contribution in [0.25, 0.3) is 0 Å². The number of ether oxygens (including phenoxy) is 1. The van der Waals surface area contributed by atoms with E-state index in [4.69, 9.17) is 9.84 Å². The summed E-state index contributed by atoms with van der Waals surface area (Å²) < 4.78 is 7.04. The number of carbonyl (C=O) groups is 2. The van der Waals surface area contributed by atoms with Crippen molar-refractivity contribution in [1.29, 1.82) is 0 Å². The summed E-state index contributed by atoms with van der Waals surface area (Å²) in [5.74, 6) is -1.000. The van der Waals surface area contributed by atoms with E-state index in [1.807, 2.05) is 0 Å². The van der Waals surface area contributed by atoms with Crippen molar-refractivity contribution in [1.82, 2.24) is 9.13 Å². The quantitative estimate of drug-likeness (QED) is 0.564. The molecule has 0 aliphatic carbocycles. The molecular formula is C14H17IN2O7. The maximum absolute atomic E-state index is 12.5. The second-order valence-corrected chi connectivity index (χ2v) is 6.68. The van der Waals surface area contributed by atoms with Crippen molar-refractivity contribution in [3.63, 3.8) is 0 Å². The Labute approximate surface area is 150 Å². The van der Waals surface area contributed by atoms with E-state index in [9.17, 15) is 24.3 Å². The number of aliphatic hydroxyl groups is 2. The van der Waals surface area contributed by atoms with E-state index in [0.717, 1.165) is 4.57 Å². The van der Waals surface area contributed by atoms with Crippen molar-refractivity contribution in [3.8, 4) is 0 Å². The molecule has 0 spiro atoms. The molecule has 0 saturated carbocycles. The summed E-state index contributed by atoms with van der Waals surface area (Å²) in [6, 6.07) is 0. The summed E-state index contributed by atoms with van der Waals surface area (Å²) >= 11 is 1.69. The van der Waals surface area contributed by atoms with Gasteiger partial charge in [0, 0.05) is 25.5 Å². The molecule has 10 heteroatoms. The zero-order valence-electron chi connectivity index (χ0n) is 12.8. The lowest BCUT2D eigenvalue weighted by Crippen LogP contribution is -2.45. The molecule has 1 aromatic heterocycles. The average molecular weight is 452 g/mol. The number of nitrogens with zero attached hydrogens (tertiary/aromatic N) is 2. The molecule has 1 aliphatic heterocycles. The van der Waals surface area contributed by atoms with Crippen LogP contribution in [0.2, 0.25) is 0 Å².